The van der Waals surface area contributed by atoms with Gasteiger partial charge in [-0.2, -0.15) is 0 Å². The molecule has 0 aromatic heterocycles. The maximum absolute atomic E-state index is 3.41. The van der Waals surface area contributed by atoms with E-state index in [4.69, 9.17) is 0 Å². The van der Waals surface area contributed by atoms with Crippen LogP contribution < -0.4 is 31.9 Å². The Morgan fingerprint density at radius 2 is 0.368 bits per heavy atom. The summed E-state index contributed by atoms with van der Waals surface area (Å²) in [6.07, 6.45) is 0. The average molecular weight is 317 g/mol. The minimum atomic E-state index is 0. The van der Waals surface area contributed by atoms with Gasteiger partial charge in [0.2, 0.25) is 0 Å². The normalized spacial score (nSPS) is 22.7. The molecule has 1 aliphatic rings. The summed E-state index contributed by atoms with van der Waals surface area (Å²) in [7, 11) is 0. The molecule has 1 aliphatic heterocycles. The third kappa shape index (κ3) is 14.5. The summed E-state index contributed by atoms with van der Waals surface area (Å²) >= 11 is 0. The van der Waals surface area contributed by atoms with Gasteiger partial charge in [0.1, 0.15) is 0 Å². The van der Waals surface area contributed by atoms with Crippen molar-refractivity contribution >= 4 is 0 Å². The fraction of sp³-hybridized carbons (Fsp3) is 1.00. The molecule has 1 rings (SSSR count). The third-order valence-corrected chi connectivity index (χ3v) is 2.87. The summed E-state index contributed by atoms with van der Waals surface area (Å²) in [5.74, 6) is 0. The van der Waals surface area contributed by atoms with Crippen molar-refractivity contribution in [2.45, 2.75) is 0 Å². The zero-order valence-electron chi connectivity index (χ0n) is 11.8. The van der Waals surface area contributed by atoms with Gasteiger partial charge in [-0.25, -0.2) is 0 Å². The minimum Gasteiger partial charge on any atom is -0.314 e. The van der Waals surface area contributed by atoms with Crippen LogP contribution in [0.15, 0.2) is 0 Å². The molecule has 0 saturated carbocycles. The predicted octanol–water partition coefficient (Wildman–Crippen LogP) is -2.46. The molecule has 6 nitrogen and oxygen atoms in total. The van der Waals surface area contributed by atoms with Crippen LogP contribution in [0.1, 0.15) is 0 Å². The molecule has 0 amide bonds. The molecule has 6 N–H and O–H groups in total. The Balaban J connectivity index is 0.00000324. The quantitative estimate of drug-likeness (QED) is 0.298. The number of rotatable bonds is 0. The van der Waals surface area contributed by atoms with Gasteiger partial charge in [-0.3, -0.25) is 0 Å². The molecule has 0 aliphatic carbocycles. The van der Waals surface area contributed by atoms with E-state index in [-0.39, 0.29) is 16.8 Å². The molecule has 0 unspecified atom stereocenters. The van der Waals surface area contributed by atoms with Crippen LogP contribution in [0.2, 0.25) is 0 Å². The molecule has 19 heavy (non-hydrogen) atoms. The third-order valence-electron chi connectivity index (χ3n) is 2.87. The summed E-state index contributed by atoms with van der Waals surface area (Å²) in [4.78, 5) is 0. The van der Waals surface area contributed by atoms with Crippen molar-refractivity contribution in [1.82, 2.24) is 31.9 Å². The van der Waals surface area contributed by atoms with Crippen molar-refractivity contribution in [3.63, 3.8) is 0 Å². The Morgan fingerprint density at radius 1 is 0.263 bits per heavy atom. The second-order valence-corrected chi connectivity index (χ2v) is 4.50. The molecule has 114 valence electrons. The van der Waals surface area contributed by atoms with Crippen LogP contribution in [0.5, 0.6) is 0 Å². The maximum atomic E-state index is 3.41. The van der Waals surface area contributed by atoms with Crippen LogP contribution in [0.25, 0.3) is 0 Å². The minimum absolute atomic E-state index is 0. The predicted molar refractivity (Wildman–Crippen MR) is 77.2 cm³/mol. The molecule has 1 saturated heterocycles. The molecular weight excluding hydrogens is 287 g/mol. The summed E-state index contributed by atoms with van der Waals surface area (Å²) in [5, 5.41) is 20.5. The molecule has 0 spiro atoms. The van der Waals surface area contributed by atoms with Crippen molar-refractivity contribution in [2.24, 2.45) is 0 Å². The van der Waals surface area contributed by atoms with Crippen LogP contribution in [0, 0.1) is 0 Å². The summed E-state index contributed by atoms with van der Waals surface area (Å²) in [6.45, 7) is 12.5. The van der Waals surface area contributed by atoms with E-state index < -0.39 is 0 Å². The SMILES string of the molecule is C1CNCCNCCNCCNCCNCCN1.[Co+3]. The Kier molecular flexibility index (Phi) is 16.6. The molecule has 1 heterocycles. The maximum Gasteiger partial charge on any atom is 3.00 e. The zero-order chi connectivity index (χ0) is 12.7. The van der Waals surface area contributed by atoms with Gasteiger partial charge < -0.3 is 31.9 Å². The van der Waals surface area contributed by atoms with Crippen molar-refractivity contribution in [1.29, 1.82) is 0 Å². The van der Waals surface area contributed by atoms with Crippen LogP contribution in [-0.2, 0) is 16.8 Å². The fourth-order valence-electron chi connectivity index (χ4n) is 1.81. The van der Waals surface area contributed by atoms with Crippen molar-refractivity contribution < 1.29 is 16.8 Å². The van der Waals surface area contributed by atoms with E-state index in [0.717, 1.165) is 78.5 Å². The van der Waals surface area contributed by atoms with Gasteiger partial charge in [-0.1, -0.05) is 0 Å². The first-order chi connectivity index (χ1) is 9.00. The molecule has 0 radical (unpaired) electrons. The first-order valence-corrected chi connectivity index (χ1v) is 7.24. The van der Waals surface area contributed by atoms with Crippen molar-refractivity contribution in [3.05, 3.63) is 0 Å². The largest absolute Gasteiger partial charge is 3.00 e. The van der Waals surface area contributed by atoms with E-state index in [2.05, 4.69) is 31.9 Å². The summed E-state index contributed by atoms with van der Waals surface area (Å²) in [6, 6.07) is 0. The van der Waals surface area contributed by atoms with E-state index in [1.54, 1.807) is 0 Å². The van der Waals surface area contributed by atoms with Gasteiger partial charge in [0.15, 0.2) is 0 Å². The Bertz CT molecular complexity index is 97.2. The first-order valence-electron chi connectivity index (χ1n) is 7.24. The smallest absolute Gasteiger partial charge is 0.314 e. The van der Waals surface area contributed by atoms with Crippen LogP contribution in [0.4, 0.5) is 0 Å². The van der Waals surface area contributed by atoms with Gasteiger partial charge in [0.05, 0.1) is 0 Å². The molecular formula is C12H30CoN6+3. The molecule has 0 aromatic carbocycles. The second kappa shape index (κ2) is 16.3. The standard InChI is InChI=1S/C12H30N6.Co/c1-2-14-5-6-16-9-10-18-12-11-17-8-7-15-4-3-13-1;/h13-18H,1-12H2;/q;+3. The first kappa shape index (κ1) is 19.3. The molecule has 1 fully saturated rings. The van der Waals surface area contributed by atoms with Gasteiger partial charge in [0.25, 0.3) is 0 Å². The Labute approximate surface area is 127 Å². The zero-order valence-corrected chi connectivity index (χ0v) is 12.9. The molecule has 0 bridgehead atoms. The number of nitrogens with one attached hydrogen (secondary N) is 6. The average Bonchev–Trinajstić information content (AvgIpc) is 2.39. The molecule has 0 atom stereocenters. The monoisotopic (exact) mass is 317 g/mol. The van der Waals surface area contributed by atoms with Crippen molar-refractivity contribution in [2.75, 3.05) is 78.5 Å². The Morgan fingerprint density at radius 3 is 0.474 bits per heavy atom. The van der Waals surface area contributed by atoms with E-state index in [9.17, 15) is 0 Å². The van der Waals surface area contributed by atoms with Gasteiger partial charge in [-0.15, -0.1) is 0 Å². The van der Waals surface area contributed by atoms with Crippen LogP contribution in [-0.4, -0.2) is 78.5 Å². The summed E-state index contributed by atoms with van der Waals surface area (Å²) in [5.41, 5.74) is 0. The Hall–Kier alpha value is 0.266. The molecule has 7 heteroatoms. The number of hydrogen-bond acceptors (Lipinski definition) is 6. The summed E-state index contributed by atoms with van der Waals surface area (Å²) < 4.78 is 0. The van der Waals surface area contributed by atoms with Crippen LogP contribution >= 0.6 is 0 Å². The van der Waals surface area contributed by atoms with Gasteiger partial charge in [-0.05, 0) is 0 Å². The van der Waals surface area contributed by atoms with Crippen LogP contribution in [0.3, 0.4) is 0 Å². The van der Waals surface area contributed by atoms with E-state index in [1.807, 2.05) is 0 Å². The number of hydrogen-bond donors (Lipinski definition) is 6. The second-order valence-electron chi connectivity index (χ2n) is 4.50. The molecule has 0 aromatic rings. The van der Waals surface area contributed by atoms with Crippen molar-refractivity contribution in [3.8, 4) is 0 Å². The van der Waals surface area contributed by atoms with E-state index in [1.165, 1.54) is 0 Å². The van der Waals surface area contributed by atoms with Gasteiger partial charge in [0, 0.05) is 78.5 Å². The topological polar surface area (TPSA) is 72.2 Å². The van der Waals surface area contributed by atoms with E-state index >= 15 is 0 Å². The van der Waals surface area contributed by atoms with E-state index in [0.29, 0.717) is 0 Å². The van der Waals surface area contributed by atoms with Gasteiger partial charge >= 0.3 is 16.8 Å². The fourth-order valence-corrected chi connectivity index (χ4v) is 1.81.